The molecule has 2 unspecified atom stereocenters. The lowest BCUT2D eigenvalue weighted by Gasteiger charge is -2.33. The van der Waals surface area contributed by atoms with Crippen LogP contribution < -0.4 is 10.6 Å². The smallest absolute Gasteiger partial charge is 0.0406 e. The third-order valence-corrected chi connectivity index (χ3v) is 5.71. The van der Waals surface area contributed by atoms with E-state index in [0.717, 1.165) is 18.1 Å². The first-order valence-corrected chi connectivity index (χ1v) is 10.3. The number of rotatable bonds is 7. The van der Waals surface area contributed by atoms with Gasteiger partial charge in [0.25, 0.3) is 0 Å². The molecular weight excluding hydrogens is 411 g/mol. The lowest BCUT2D eigenvalue weighted by atomic mass is 9.90. The zero-order valence-electron chi connectivity index (χ0n) is 16.8. The number of hydrogen-bond acceptors (Lipinski definition) is 2. The van der Waals surface area contributed by atoms with Crippen molar-refractivity contribution in [1.29, 1.82) is 0 Å². The second kappa shape index (κ2) is 12.7. The van der Waals surface area contributed by atoms with Crippen LogP contribution in [0.15, 0.2) is 48.5 Å². The minimum Gasteiger partial charge on any atom is -0.308 e. The van der Waals surface area contributed by atoms with Gasteiger partial charge in [0.2, 0.25) is 0 Å². The van der Waals surface area contributed by atoms with Crippen molar-refractivity contribution in [2.45, 2.75) is 70.6 Å². The van der Waals surface area contributed by atoms with E-state index in [9.17, 15) is 0 Å². The molecule has 2 aromatic carbocycles. The Kier molecular flexibility index (Phi) is 11.5. The lowest BCUT2D eigenvalue weighted by Crippen LogP contribution is -2.49. The van der Waals surface area contributed by atoms with E-state index in [1.54, 1.807) is 0 Å². The third kappa shape index (κ3) is 7.57. The van der Waals surface area contributed by atoms with Gasteiger partial charge in [-0.05, 0) is 47.6 Å². The molecule has 2 N–H and O–H groups in total. The summed E-state index contributed by atoms with van der Waals surface area (Å²) in [5.74, 6) is 0.594. The fourth-order valence-electron chi connectivity index (χ4n) is 3.74. The molecule has 156 valence electrons. The molecule has 0 saturated heterocycles. The van der Waals surface area contributed by atoms with E-state index in [1.807, 2.05) is 12.1 Å². The molecule has 2 aromatic rings. The van der Waals surface area contributed by atoms with Crippen LogP contribution in [0.25, 0.3) is 0 Å². The van der Waals surface area contributed by atoms with Crippen LogP contribution in [-0.2, 0) is 13.1 Å². The van der Waals surface area contributed by atoms with Crippen LogP contribution >= 0.6 is 36.4 Å². The van der Waals surface area contributed by atoms with E-state index in [1.165, 1.54) is 42.4 Å². The quantitative estimate of drug-likeness (QED) is 0.510. The highest BCUT2D eigenvalue weighted by molar-refractivity contribution is 6.30. The van der Waals surface area contributed by atoms with Crippen LogP contribution in [-0.4, -0.2) is 12.1 Å². The largest absolute Gasteiger partial charge is 0.308 e. The van der Waals surface area contributed by atoms with Gasteiger partial charge in [-0.25, -0.2) is 0 Å². The Hall–Kier alpha value is -0.770. The van der Waals surface area contributed by atoms with Gasteiger partial charge in [0, 0.05) is 30.2 Å². The Labute approximate surface area is 187 Å². The summed E-state index contributed by atoms with van der Waals surface area (Å²) in [4.78, 5) is 0. The zero-order chi connectivity index (χ0) is 18.4. The number of hydrogen-bond donors (Lipinski definition) is 2. The van der Waals surface area contributed by atoms with Crippen LogP contribution in [0.5, 0.6) is 0 Å². The van der Waals surface area contributed by atoms with Crippen LogP contribution in [0.4, 0.5) is 0 Å². The highest BCUT2D eigenvalue weighted by Gasteiger charge is 2.24. The Bertz CT molecular complexity index is 671. The van der Waals surface area contributed by atoms with E-state index < -0.39 is 0 Å². The first kappa shape index (κ1) is 25.3. The van der Waals surface area contributed by atoms with Gasteiger partial charge in [0.05, 0.1) is 0 Å². The van der Waals surface area contributed by atoms with Crippen LogP contribution in [0.2, 0.25) is 5.02 Å². The molecule has 0 bridgehead atoms. The van der Waals surface area contributed by atoms with Crippen LogP contribution in [0.1, 0.15) is 62.1 Å². The van der Waals surface area contributed by atoms with Gasteiger partial charge in [-0.15, -0.1) is 24.8 Å². The maximum Gasteiger partial charge on any atom is 0.0406 e. The predicted molar refractivity (Wildman–Crippen MR) is 126 cm³/mol. The molecule has 1 saturated carbocycles. The minimum absolute atomic E-state index is 0. The normalized spacial score (nSPS) is 19.0. The van der Waals surface area contributed by atoms with E-state index in [0.29, 0.717) is 18.0 Å². The first-order chi connectivity index (χ1) is 12.6. The predicted octanol–water partition coefficient (Wildman–Crippen LogP) is 6.50. The number of nitrogens with one attached hydrogen (secondary N) is 2. The molecule has 0 radical (unpaired) electrons. The highest BCUT2D eigenvalue weighted by atomic mass is 35.5. The molecule has 1 aliphatic carbocycles. The van der Waals surface area contributed by atoms with E-state index in [-0.39, 0.29) is 24.8 Å². The van der Waals surface area contributed by atoms with E-state index >= 15 is 0 Å². The van der Waals surface area contributed by atoms with Gasteiger partial charge in [0.15, 0.2) is 0 Å². The van der Waals surface area contributed by atoms with Crippen molar-refractivity contribution >= 4 is 36.4 Å². The Morgan fingerprint density at radius 2 is 1.21 bits per heavy atom. The van der Waals surface area contributed by atoms with Gasteiger partial charge in [-0.1, -0.05) is 74.7 Å². The second-order valence-corrected chi connectivity index (χ2v) is 8.22. The van der Waals surface area contributed by atoms with Crippen molar-refractivity contribution in [2.24, 2.45) is 0 Å². The Balaban J connectivity index is 0.00000196. The average Bonchev–Trinajstić information content (AvgIpc) is 2.67. The fourth-order valence-corrected chi connectivity index (χ4v) is 3.87. The minimum atomic E-state index is 0. The lowest BCUT2D eigenvalue weighted by molar-refractivity contribution is 0.281. The third-order valence-electron chi connectivity index (χ3n) is 5.46. The summed E-state index contributed by atoms with van der Waals surface area (Å²) >= 11 is 5.98. The molecule has 2 nitrogen and oxygen atoms in total. The van der Waals surface area contributed by atoms with Gasteiger partial charge in [-0.3, -0.25) is 0 Å². The molecule has 1 aliphatic rings. The molecule has 0 spiro atoms. The monoisotopic (exact) mass is 442 g/mol. The first-order valence-electron chi connectivity index (χ1n) is 9.92. The van der Waals surface area contributed by atoms with Crippen molar-refractivity contribution in [3.63, 3.8) is 0 Å². The van der Waals surface area contributed by atoms with Crippen molar-refractivity contribution in [3.8, 4) is 0 Å². The number of benzene rings is 2. The summed E-state index contributed by atoms with van der Waals surface area (Å²) in [7, 11) is 0. The maximum atomic E-state index is 5.98. The zero-order valence-corrected chi connectivity index (χ0v) is 19.2. The van der Waals surface area contributed by atoms with Crippen molar-refractivity contribution < 1.29 is 0 Å². The maximum absolute atomic E-state index is 5.98. The Morgan fingerprint density at radius 1 is 0.786 bits per heavy atom. The van der Waals surface area contributed by atoms with Gasteiger partial charge in [-0.2, -0.15) is 0 Å². The van der Waals surface area contributed by atoms with E-state index in [4.69, 9.17) is 11.6 Å². The van der Waals surface area contributed by atoms with Gasteiger partial charge < -0.3 is 10.6 Å². The molecule has 0 aliphatic heterocycles. The summed E-state index contributed by atoms with van der Waals surface area (Å²) in [6.07, 6.45) is 5.14. The molecule has 3 rings (SSSR count). The Morgan fingerprint density at radius 3 is 1.64 bits per heavy atom. The average molecular weight is 444 g/mol. The summed E-state index contributed by atoms with van der Waals surface area (Å²) in [6.45, 7) is 6.34. The SMILES string of the molecule is CC(C)c1ccc(CNC2CCCCC2NCc2ccc(Cl)cc2)cc1.Cl.Cl. The summed E-state index contributed by atoms with van der Waals surface area (Å²) < 4.78 is 0. The van der Waals surface area contributed by atoms with Crippen LogP contribution in [0, 0.1) is 0 Å². The van der Waals surface area contributed by atoms with Crippen LogP contribution in [0.3, 0.4) is 0 Å². The molecule has 1 fully saturated rings. The molecule has 28 heavy (non-hydrogen) atoms. The second-order valence-electron chi connectivity index (χ2n) is 7.78. The van der Waals surface area contributed by atoms with Crippen molar-refractivity contribution in [3.05, 3.63) is 70.2 Å². The van der Waals surface area contributed by atoms with Gasteiger partial charge in [0.1, 0.15) is 0 Å². The topological polar surface area (TPSA) is 24.1 Å². The molecule has 0 aromatic heterocycles. The number of halogens is 3. The van der Waals surface area contributed by atoms with Gasteiger partial charge >= 0.3 is 0 Å². The molecular formula is C23H33Cl3N2. The fraction of sp³-hybridized carbons (Fsp3) is 0.478. The van der Waals surface area contributed by atoms with Crippen molar-refractivity contribution in [2.75, 3.05) is 0 Å². The highest BCUT2D eigenvalue weighted by Crippen LogP contribution is 2.20. The molecule has 0 amide bonds. The summed E-state index contributed by atoms with van der Waals surface area (Å²) in [5.41, 5.74) is 4.08. The van der Waals surface area contributed by atoms with E-state index in [2.05, 4.69) is 60.9 Å². The summed E-state index contributed by atoms with van der Waals surface area (Å²) in [6, 6.07) is 18.3. The summed E-state index contributed by atoms with van der Waals surface area (Å²) in [5, 5.41) is 8.36. The van der Waals surface area contributed by atoms with Crippen molar-refractivity contribution in [1.82, 2.24) is 10.6 Å². The molecule has 2 atom stereocenters. The standard InChI is InChI=1S/C23H31ClN2.2ClH/c1-17(2)20-11-7-18(8-12-20)15-25-22-5-3-4-6-23(22)26-16-19-9-13-21(24)14-10-19;;/h7-14,17,22-23,25-26H,3-6,15-16H2,1-2H3;2*1H. The molecule has 5 heteroatoms. The molecule has 0 heterocycles.